The van der Waals surface area contributed by atoms with Crippen molar-refractivity contribution >= 4 is 16.0 Å². The highest BCUT2D eigenvalue weighted by Crippen LogP contribution is 2.27. The maximum absolute atomic E-state index is 11.5. The van der Waals surface area contributed by atoms with Gasteiger partial charge in [-0.1, -0.05) is 25.3 Å². The van der Waals surface area contributed by atoms with Crippen LogP contribution in [0.1, 0.15) is 32.1 Å². The molecule has 1 atom stereocenters. The zero-order valence-electron chi connectivity index (χ0n) is 9.76. The number of rotatable bonds is 6. The Kier molecular flexibility index (Phi) is 5.14. The van der Waals surface area contributed by atoms with Gasteiger partial charge < -0.3 is 5.11 Å². The molecule has 6 heteroatoms. The summed E-state index contributed by atoms with van der Waals surface area (Å²) in [6, 6.07) is -1.000. The Labute approximate surface area is 102 Å². The van der Waals surface area contributed by atoms with Crippen LogP contribution < -0.4 is 4.72 Å². The number of aliphatic carboxylic acids is 1. The molecular formula is C11H19NO4S. The van der Waals surface area contributed by atoms with Gasteiger partial charge >= 0.3 is 5.97 Å². The van der Waals surface area contributed by atoms with Crippen molar-refractivity contribution in [3.8, 4) is 0 Å². The van der Waals surface area contributed by atoms with E-state index in [0.29, 0.717) is 0 Å². The summed E-state index contributed by atoms with van der Waals surface area (Å²) in [6.07, 6.45) is 5.83. The molecule has 2 N–H and O–H groups in total. The third-order valence-corrected chi connectivity index (χ3v) is 4.32. The molecule has 0 heterocycles. The molecular weight excluding hydrogens is 242 g/mol. The van der Waals surface area contributed by atoms with Crippen molar-refractivity contribution < 1.29 is 18.3 Å². The summed E-state index contributed by atoms with van der Waals surface area (Å²) in [5, 5.41) is 9.10. The Morgan fingerprint density at radius 2 is 2.00 bits per heavy atom. The average Bonchev–Trinajstić information content (AvgIpc) is 2.27. The fourth-order valence-electron chi connectivity index (χ4n) is 2.21. The van der Waals surface area contributed by atoms with E-state index in [4.69, 9.17) is 5.11 Å². The summed E-state index contributed by atoms with van der Waals surface area (Å²) in [6.45, 7) is 3.34. The van der Waals surface area contributed by atoms with E-state index >= 15 is 0 Å². The molecule has 0 aromatic heterocycles. The molecule has 1 saturated carbocycles. The monoisotopic (exact) mass is 261 g/mol. The minimum absolute atomic E-state index is 0.0964. The van der Waals surface area contributed by atoms with E-state index < -0.39 is 22.0 Å². The molecule has 17 heavy (non-hydrogen) atoms. The van der Waals surface area contributed by atoms with Crippen LogP contribution in [0, 0.1) is 5.92 Å². The number of carboxylic acids is 1. The molecule has 0 aromatic rings. The smallest absolute Gasteiger partial charge is 0.322 e. The molecule has 0 bridgehead atoms. The lowest BCUT2D eigenvalue weighted by atomic mass is 9.84. The Morgan fingerprint density at radius 3 is 2.47 bits per heavy atom. The minimum atomic E-state index is -3.57. The minimum Gasteiger partial charge on any atom is -0.480 e. The summed E-state index contributed by atoms with van der Waals surface area (Å²) in [4.78, 5) is 11.1. The first-order valence-electron chi connectivity index (χ1n) is 5.80. The van der Waals surface area contributed by atoms with Gasteiger partial charge in [-0.15, -0.1) is 6.58 Å². The lowest BCUT2D eigenvalue weighted by molar-refractivity contribution is -0.140. The van der Waals surface area contributed by atoms with Gasteiger partial charge in [0.15, 0.2) is 0 Å². The number of nitrogens with one attached hydrogen (secondary N) is 1. The van der Waals surface area contributed by atoms with Crippen LogP contribution in [-0.4, -0.2) is 31.3 Å². The highest BCUT2D eigenvalue weighted by atomic mass is 32.2. The molecule has 0 aromatic carbocycles. The number of carbonyl (C=O) groups is 1. The van der Waals surface area contributed by atoms with Crippen LogP contribution in [0.25, 0.3) is 0 Å². The second-order valence-corrected chi connectivity index (χ2v) is 6.20. The Hall–Kier alpha value is -0.880. The van der Waals surface area contributed by atoms with Gasteiger partial charge in [-0.05, 0) is 18.8 Å². The summed E-state index contributed by atoms with van der Waals surface area (Å²) < 4.78 is 25.3. The highest BCUT2D eigenvalue weighted by Gasteiger charge is 2.32. The molecule has 1 aliphatic rings. The normalized spacial score (nSPS) is 19.8. The Bertz CT molecular complexity index is 371. The molecule has 0 amide bonds. The summed E-state index contributed by atoms with van der Waals surface area (Å²) in [7, 11) is -3.57. The van der Waals surface area contributed by atoms with Crippen molar-refractivity contribution in [2.75, 3.05) is 5.75 Å². The molecule has 1 rings (SSSR count). The number of hydrogen-bond acceptors (Lipinski definition) is 3. The van der Waals surface area contributed by atoms with Gasteiger partial charge in [0.05, 0.1) is 5.75 Å². The van der Waals surface area contributed by atoms with Crippen LogP contribution in [-0.2, 0) is 14.8 Å². The van der Waals surface area contributed by atoms with Crippen molar-refractivity contribution in [1.82, 2.24) is 4.72 Å². The SMILES string of the molecule is C=CCS(=O)(=O)NC(C(=O)O)C1CCCCC1. The molecule has 1 aliphatic carbocycles. The Balaban J connectivity index is 2.72. The van der Waals surface area contributed by atoms with E-state index in [2.05, 4.69) is 11.3 Å². The van der Waals surface area contributed by atoms with Crippen molar-refractivity contribution in [1.29, 1.82) is 0 Å². The third-order valence-electron chi connectivity index (χ3n) is 3.03. The van der Waals surface area contributed by atoms with E-state index in [-0.39, 0.29) is 11.7 Å². The molecule has 1 unspecified atom stereocenters. The maximum Gasteiger partial charge on any atom is 0.322 e. The fourth-order valence-corrected chi connectivity index (χ4v) is 3.30. The fraction of sp³-hybridized carbons (Fsp3) is 0.727. The number of sulfonamides is 1. The van der Waals surface area contributed by atoms with Gasteiger partial charge in [0.1, 0.15) is 6.04 Å². The van der Waals surface area contributed by atoms with Crippen LogP contribution in [0.5, 0.6) is 0 Å². The van der Waals surface area contributed by atoms with E-state index in [1.165, 1.54) is 6.08 Å². The van der Waals surface area contributed by atoms with Crippen LogP contribution >= 0.6 is 0 Å². The zero-order valence-corrected chi connectivity index (χ0v) is 10.6. The lowest BCUT2D eigenvalue weighted by Gasteiger charge is -2.27. The second-order valence-electron chi connectivity index (χ2n) is 4.40. The van der Waals surface area contributed by atoms with Gasteiger partial charge in [-0.25, -0.2) is 13.1 Å². The predicted molar refractivity (Wildman–Crippen MR) is 65.1 cm³/mol. The van der Waals surface area contributed by atoms with Gasteiger partial charge in [0.2, 0.25) is 10.0 Å². The van der Waals surface area contributed by atoms with Gasteiger partial charge in [-0.2, -0.15) is 0 Å². The topological polar surface area (TPSA) is 83.5 Å². The molecule has 5 nitrogen and oxygen atoms in total. The zero-order chi connectivity index (χ0) is 12.9. The Morgan fingerprint density at radius 1 is 1.41 bits per heavy atom. The van der Waals surface area contributed by atoms with E-state index in [1.54, 1.807) is 0 Å². The summed E-state index contributed by atoms with van der Waals surface area (Å²) in [5.41, 5.74) is 0. The van der Waals surface area contributed by atoms with Crippen molar-refractivity contribution in [3.63, 3.8) is 0 Å². The molecule has 0 aliphatic heterocycles. The second kappa shape index (κ2) is 6.16. The van der Waals surface area contributed by atoms with Crippen molar-refractivity contribution in [2.45, 2.75) is 38.1 Å². The van der Waals surface area contributed by atoms with E-state index in [1.807, 2.05) is 0 Å². The molecule has 0 saturated heterocycles. The van der Waals surface area contributed by atoms with E-state index in [9.17, 15) is 13.2 Å². The average molecular weight is 261 g/mol. The largest absolute Gasteiger partial charge is 0.480 e. The third kappa shape index (κ3) is 4.47. The predicted octanol–water partition coefficient (Wildman–Crippen LogP) is 1.13. The van der Waals surface area contributed by atoms with Crippen molar-refractivity contribution in [2.24, 2.45) is 5.92 Å². The standard InChI is InChI=1S/C11H19NO4S/c1-2-8-17(15,16)12-10(11(13)14)9-6-4-3-5-7-9/h2,9-10,12H,1,3-8H2,(H,13,14). The molecule has 0 radical (unpaired) electrons. The van der Waals surface area contributed by atoms with Gasteiger partial charge in [0.25, 0.3) is 0 Å². The quantitative estimate of drug-likeness (QED) is 0.702. The number of hydrogen-bond donors (Lipinski definition) is 2. The molecule has 1 fully saturated rings. The van der Waals surface area contributed by atoms with Crippen LogP contribution in [0.4, 0.5) is 0 Å². The van der Waals surface area contributed by atoms with Crippen molar-refractivity contribution in [3.05, 3.63) is 12.7 Å². The summed E-state index contributed by atoms with van der Waals surface area (Å²) in [5.74, 6) is -1.44. The van der Waals surface area contributed by atoms with E-state index in [0.717, 1.165) is 32.1 Å². The van der Waals surface area contributed by atoms with Crippen LogP contribution in [0.3, 0.4) is 0 Å². The first-order valence-corrected chi connectivity index (χ1v) is 7.45. The first kappa shape index (κ1) is 14.2. The van der Waals surface area contributed by atoms with Crippen LogP contribution in [0.15, 0.2) is 12.7 Å². The summed E-state index contributed by atoms with van der Waals surface area (Å²) >= 11 is 0. The first-order chi connectivity index (χ1) is 7.96. The van der Waals surface area contributed by atoms with Crippen LogP contribution in [0.2, 0.25) is 0 Å². The maximum atomic E-state index is 11.5. The van der Waals surface area contributed by atoms with Gasteiger partial charge in [-0.3, -0.25) is 4.79 Å². The highest BCUT2D eigenvalue weighted by molar-refractivity contribution is 7.89. The molecule has 0 spiro atoms. The van der Waals surface area contributed by atoms with Gasteiger partial charge in [0, 0.05) is 0 Å². The number of carboxylic acid groups (broad SMARTS) is 1. The lowest BCUT2D eigenvalue weighted by Crippen LogP contribution is -2.47. The molecule has 98 valence electrons.